The molecule has 2 atom stereocenters. The summed E-state index contributed by atoms with van der Waals surface area (Å²) in [5.41, 5.74) is 0.393. The van der Waals surface area contributed by atoms with Crippen molar-refractivity contribution in [2.75, 3.05) is 39.8 Å². The molecule has 1 fully saturated rings. The number of nitrogens with one attached hydrogen (secondary N) is 1. The summed E-state index contributed by atoms with van der Waals surface area (Å²) < 4.78 is 5.71. The fraction of sp³-hybridized carbons (Fsp3) is 1.00. The zero-order valence-corrected chi connectivity index (χ0v) is 11.4. The van der Waals surface area contributed by atoms with Gasteiger partial charge in [-0.15, -0.1) is 0 Å². The van der Waals surface area contributed by atoms with Crippen LogP contribution in [0, 0.1) is 5.41 Å². The number of hydrogen-bond acceptors (Lipinski definition) is 3. The topological polar surface area (TPSA) is 24.5 Å². The summed E-state index contributed by atoms with van der Waals surface area (Å²) in [6, 6.07) is 0. The van der Waals surface area contributed by atoms with Crippen LogP contribution in [0.15, 0.2) is 0 Å². The van der Waals surface area contributed by atoms with E-state index >= 15 is 0 Å². The molecule has 0 aromatic rings. The van der Waals surface area contributed by atoms with Crippen LogP contribution in [0.1, 0.15) is 33.6 Å². The van der Waals surface area contributed by atoms with E-state index in [4.69, 9.17) is 4.74 Å². The normalized spacial score (nSPS) is 26.6. The van der Waals surface area contributed by atoms with Crippen LogP contribution in [0.2, 0.25) is 0 Å². The summed E-state index contributed by atoms with van der Waals surface area (Å²) in [5, 5.41) is 3.32. The maximum atomic E-state index is 5.71. The number of nitrogens with zero attached hydrogens (tertiary/aromatic N) is 1. The van der Waals surface area contributed by atoms with E-state index in [1.807, 2.05) is 7.05 Å². The van der Waals surface area contributed by atoms with Crippen LogP contribution in [-0.4, -0.2) is 50.8 Å². The fourth-order valence-electron chi connectivity index (χ4n) is 2.43. The molecule has 0 radical (unpaired) electrons. The van der Waals surface area contributed by atoms with Crippen molar-refractivity contribution in [3.8, 4) is 0 Å². The smallest absolute Gasteiger partial charge is 0.0700 e. The molecule has 0 saturated carbocycles. The van der Waals surface area contributed by atoms with E-state index in [0.29, 0.717) is 11.5 Å². The van der Waals surface area contributed by atoms with Crippen molar-refractivity contribution in [2.45, 2.75) is 39.7 Å². The molecule has 1 saturated heterocycles. The van der Waals surface area contributed by atoms with Crippen LogP contribution >= 0.6 is 0 Å². The first-order chi connectivity index (χ1) is 7.63. The van der Waals surface area contributed by atoms with Gasteiger partial charge < -0.3 is 10.1 Å². The standard InChI is InChI=1S/C13H28N2O/c1-5-12-9-15(7-8-16-12)11-13(3,6-2)10-14-4/h12,14H,5-11H2,1-4H3. The van der Waals surface area contributed by atoms with E-state index in [9.17, 15) is 0 Å². The third-order valence-electron chi connectivity index (χ3n) is 3.74. The highest BCUT2D eigenvalue weighted by Crippen LogP contribution is 2.23. The lowest BCUT2D eigenvalue weighted by atomic mass is 9.86. The van der Waals surface area contributed by atoms with Crippen LogP contribution in [0.3, 0.4) is 0 Å². The summed E-state index contributed by atoms with van der Waals surface area (Å²) in [4.78, 5) is 2.57. The number of morpholine rings is 1. The van der Waals surface area contributed by atoms with Gasteiger partial charge in [-0.25, -0.2) is 0 Å². The minimum absolute atomic E-state index is 0.393. The number of hydrogen-bond donors (Lipinski definition) is 1. The minimum Gasteiger partial charge on any atom is -0.376 e. The Hall–Kier alpha value is -0.120. The Morgan fingerprint density at radius 2 is 2.19 bits per heavy atom. The van der Waals surface area contributed by atoms with Gasteiger partial charge in [-0.2, -0.15) is 0 Å². The monoisotopic (exact) mass is 228 g/mol. The Morgan fingerprint density at radius 3 is 2.75 bits per heavy atom. The molecule has 0 spiro atoms. The SMILES string of the molecule is CCC1CN(CC(C)(CC)CNC)CCO1. The predicted octanol–water partition coefficient (Wildman–Crippen LogP) is 1.73. The summed E-state index contributed by atoms with van der Waals surface area (Å²) in [6.45, 7) is 12.3. The average molecular weight is 228 g/mol. The molecular formula is C13H28N2O. The molecule has 0 bridgehead atoms. The lowest BCUT2D eigenvalue weighted by Crippen LogP contribution is -2.48. The van der Waals surface area contributed by atoms with Crippen molar-refractivity contribution < 1.29 is 4.74 Å². The van der Waals surface area contributed by atoms with E-state index in [0.717, 1.165) is 32.7 Å². The average Bonchev–Trinajstić information content (AvgIpc) is 2.29. The highest BCUT2D eigenvalue weighted by molar-refractivity contribution is 4.81. The highest BCUT2D eigenvalue weighted by atomic mass is 16.5. The van der Waals surface area contributed by atoms with Crippen LogP contribution in [-0.2, 0) is 4.74 Å². The third kappa shape index (κ3) is 4.04. The first-order valence-corrected chi connectivity index (χ1v) is 6.62. The van der Waals surface area contributed by atoms with Crippen molar-refractivity contribution in [2.24, 2.45) is 5.41 Å². The van der Waals surface area contributed by atoms with E-state index in [-0.39, 0.29) is 0 Å². The molecule has 0 aromatic carbocycles. The van der Waals surface area contributed by atoms with Crippen LogP contribution in [0.25, 0.3) is 0 Å². The van der Waals surface area contributed by atoms with Gasteiger partial charge in [0.1, 0.15) is 0 Å². The Bertz CT molecular complexity index is 198. The summed E-state index contributed by atoms with van der Waals surface area (Å²) in [7, 11) is 2.04. The Labute approximate surface area is 101 Å². The molecule has 1 heterocycles. The van der Waals surface area contributed by atoms with Crippen LogP contribution < -0.4 is 5.32 Å². The summed E-state index contributed by atoms with van der Waals surface area (Å²) in [5.74, 6) is 0. The molecule has 2 unspecified atom stereocenters. The fourth-order valence-corrected chi connectivity index (χ4v) is 2.43. The second-order valence-corrected chi connectivity index (χ2v) is 5.33. The molecule has 0 aromatic heterocycles. The molecule has 3 heteroatoms. The molecule has 0 amide bonds. The summed E-state index contributed by atoms with van der Waals surface area (Å²) >= 11 is 0. The molecule has 16 heavy (non-hydrogen) atoms. The van der Waals surface area contributed by atoms with Gasteiger partial charge in [0.15, 0.2) is 0 Å². The quantitative estimate of drug-likeness (QED) is 0.749. The van der Waals surface area contributed by atoms with E-state index in [1.54, 1.807) is 0 Å². The van der Waals surface area contributed by atoms with Crippen molar-refractivity contribution in [3.05, 3.63) is 0 Å². The lowest BCUT2D eigenvalue weighted by molar-refractivity contribution is -0.0411. The maximum Gasteiger partial charge on any atom is 0.0700 e. The minimum atomic E-state index is 0.393. The lowest BCUT2D eigenvalue weighted by Gasteiger charge is -2.39. The first-order valence-electron chi connectivity index (χ1n) is 6.62. The first kappa shape index (κ1) is 13.9. The molecule has 1 aliphatic rings. The van der Waals surface area contributed by atoms with Gasteiger partial charge in [-0.05, 0) is 25.3 Å². The van der Waals surface area contributed by atoms with E-state index in [2.05, 4.69) is 31.0 Å². The Kier molecular flexibility index (Phi) is 5.73. The van der Waals surface area contributed by atoms with Gasteiger partial charge in [-0.3, -0.25) is 4.90 Å². The van der Waals surface area contributed by atoms with Gasteiger partial charge in [0, 0.05) is 26.2 Å². The molecule has 1 N–H and O–H groups in total. The van der Waals surface area contributed by atoms with Gasteiger partial charge in [0.25, 0.3) is 0 Å². The summed E-state index contributed by atoms with van der Waals surface area (Å²) in [6.07, 6.45) is 2.80. The molecule has 96 valence electrons. The zero-order valence-electron chi connectivity index (χ0n) is 11.4. The molecule has 3 nitrogen and oxygen atoms in total. The van der Waals surface area contributed by atoms with Gasteiger partial charge in [0.2, 0.25) is 0 Å². The molecule has 0 aliphatic carbocycles. The Morgan fingerprint density at radius 1 is 1.44 bits per heavy atom. The highest BCUT2D eigenvalue weighted by Gasteiger charge is 2.27. The second kappa shape index (κ2) is 6.58. The van der Waals surface area contributed by atoms with Gasteiger partial charge >= 0.3 is 0 Å². The van der Waals surface area contributed by atoms with Gasteiger partial charge in [0.05, 0.1) is 12.7 Å². The number of rotatable bonds is 6. The Balaban J connectivity index is 2.44. The molecule has 1 rings (SSSR count). The van der Waals surface area contributed by atoms with Crippen LogP contribution in [0.5, 0.6) is 0 Å². The molecular weight excluding hydrogens is 200 g/mol. The van der Waals surface area contributed by atoms with Crippen molar-refractivity contribution in [1.29, 1.82) is 0 Å². The molecule has 1 aliphatic heterocycles. The predicted molar refractivity (Wildman–Crippen MR) is 68.8 cm³/mol. The van der Waals surface area contributed by atoms with Crippen molar-refractivity contribution >= 4 is 0 Å². The van der Waals surface area contributed by atoms with E-state index in [1.165, 1.54) is 13.0 Å². The van der Waals surface area contributed by atoms with Gasteiger partial charge in [-0.1, -0.05) is 20.8 Å². The number of ether oxygens (including phenoxy) is 1. The third-order valence-corrected chi connectivity index (χ3v) is 3.74. The van der Waals surface area contributed by atoms with Crippen molar-refractivity contribution in [1.82, 2.24) is 10.2 Å². The second-order valence-electron chi connectivity index (χ2n) is 5.33. The van der Waals surface area contributed by atoms with E-state index < -0.39 is 0 Å². The largest absolute Gasteiger partial charge is 0.376 e. The van der Waals surface area contributed by atoms with Crippen molar-refractivity contribution in [3.63, 3.8) is 0 Å². The maximum absolute atomic E-state index is 5.71. The van der Waals surface area contributed by atoms with Crippen LogP contribution in [0.4, 0.5) is 0 Å². The zero-order chi connectivity index (χ0) is 12.0.